The zero-order valence-electron chi connectivity index (χ0n) is 16.8. The maximum Gasteiger partial charge on any atom is 0.307 e. The molecule has 1 aliphatic carbocycles. The van der Waals surface area contributed by atoms with Crippen molar-refractivity contribution in [1.82, 2.24) is 10.2 Å². The van der Waals surface area contributed by atoms with Gasteiger partial charge < -0.3 is 19.7 Å². The SMILES string of the molecule is CCOC(=O)C[C@H]1CN(C2=Nc3cc(Cl)ccc3OC3=CC=CCC32C)CCN1. The highest BCUT2D eigenvalue weighted by molar-refractivity contribution is 6.31. The monoisotopic (exact) mass is 415 g/mol. The van der Waals surface area contributed by atoms with Gasteiger partial charge in [-0.1, -0.05) is 23.8 Å². The van der Waals surface area contributed by atoms with Gasteiger partial charge in [0.2, 0.25) is 0 Å². The molecule has 29 heavy (non-hydrogen) atoms. The van der Waals surface area contributed by atoms with Gasteiger partial charge in [0.05, 0.1) is 18.4 Å². The minimum absolute atomic E-state index is 0.0173. The van der Waals surface area contributed by atoms with E-state index in [1.807, 2.05) is 37.3 Å². The number of benzene rings is 1. The summed E-state index contributed by atoms with van der Waals surface area (Å²) >= 11 is 6.23. The van der Waals surface area contributed by atoms with E-state index in [9.17, 15) is 4.79 Å². The zero-order valence-corrected chi connectivity index (χ0v) is 17.5. The van der Waals surface area contributed by atoms with Crippen molar-refractivity contribution in [3.63, 3.8) is 0 Å². The minimum Gasteiger partial charge on any atom is -0.466 e. The molecule has 4 rings (SSSR count). The molecule has 3 aliphatic rings. The van der Waals surface area contributed by atoms with Gasteiger partial charge in [0, 0.05) is 30.7 Å². The van der Waals surface area contributed by atoms with E-state index in [1.165, 1.54) is 0 Å². The molecule has 2 aliphatic heterocycles. The summed E-state index contributed by atoms with van der Waals surface area (Å²) in [6, 6.07) is 5.54. The van der Waals surface area contributed by atoms with Gasteiger partial charge in [-0.25, -0.2) is 4.99 Å². The number of rotatable bonds is 3. The highest BCUT2D eigenvalue weighted by Crippen LogP contribution is 2.45. The Labute approximate surface area is 176 Å². The van der Waals surface area contributed by atoms with Crippen LogP contribution in [0.15, 0.2) is 47.2 Å². The van der Waals surface area contributed by atoms with Crippen LogP contribution >= 0.6 is 11.6 Å². The molecule has 1 aromatic carbocycles. The number of hydrogen-bond donors (Lipinski definition) is 1. The molecule has 0 spiro atoms. The quantitative estimate of drug-likeness (QED) is 0.760. The van der Waals surface area contributed by atoms with E-state index < -0.39 is 0 Å². The van der Waals surface area contributed by atoms with Crippen LogP contribution in [0.1, 0.15) is 26.7 Å². The van der Waals surface area contributed by atoms with Crippen molar-refractivity contribution in [2.45, 2.75) is 32.7 Å². The summed E-state index contributed by atoms with van der Waals surface area (Å²) in [6.45, 7) is 6.65. The molecule has 0 saturated carbocycles. The molecule has 0 aromatic heterocycles. The lowest BCUT2D eigenvalue weighted by molar-refractivity contribution is -0.143. The van der Waals surface area contributed by atoms with Gasteiger partial charge in [0.1, 0.15) is 17.3 Å². The van der Waals surface area contributed by atoms with Crippen LogP contribution < -0.4 is 10.1 Å². The topological polar surface area (TPSA) is 63.2 Å². The van der Waals surface area contributed by atoms with Crippen LogP contribution in [-0.4, -0.2) is 49.0 Å². The van der Waals surface area contributed by atoms with E-state index in [-0.39, 0.29) is 17.4 Å². The number of allylic oxidation sites excluding steroid dienone is 3. The molecule has 0 bridgehead atoms. The Bertz CT molecular complexity index is 895. The third-order valence-corrected chi connectivity index (χ3v) is 5.82. The first-order chi connectivity index (χ1) is 14.0. The fourth-order valence-corrected chi connectivity index (χ4v) is 4.27. The van der Waals surface area contributed by atoms with E-state index in [0.717, 1.165) is 36.8 Å². The minimum atomic E-state index is -0.383. The second-order valence-corrected chi connectivity index (χ2v) is 8.19. The third-order valence-electron chi connectivity index (χ3n) is 5.59. The number of amidine groups is 1. The van der Waals surface area contributed by atoms with Gasteiger partial charge in [0.25, 0.3) is 0 Å². The normalized spacial score (nSPS) is 25.8. The first-order valence-corrected chi connectivity index (χ1v) is 10.4. The average molecular weight is 416 g/mol. The molecule has 1 N–H and O–H groups in total. The number of carbonyl (C=O) groups is 1. The summed E-state index contributed by atoms with van der Waals surface area (Å²) in [5.74, 6) is 2.35. The van der Waals surface area contributed by atoms with E-state index >= 15 is 0 Å². The van der Waals surface area contributed by atoms with Crippen molar-refractivity contribution < 1.29 is 14.3 Å². The van der Waals surface area contributed by atoms with E-state index in [1.54, 1.807) is 0 Å². The largest absolute Gasteiger partial charge is 0.466 e. The number of carbonyl (C=O) groups excluding carboxylic acids is 1. The highest BCUT2D eigenvalue weighted by atomic mass is 35.5. The molecule has 2 heterocycles. The molecular formula is C22H26ClN3O3. The van der Waals surface area contributed by atoms with E-state index in [0.29, 0.717) is 30.3 Å². The summed E-state index contributed by atoms with van der Waals surface area (Å²) in [7, 11) is 0. The fraction of sp³-hybridized carbons (Fsp3) is 0.455. The molecule has 7 heteroatoms. The number of ether oxygens (including phenoxy) is 2. The molecule has 1 aromatic rings. The predicted octanol–water partition coefficient (Wildman–Crippen LogP) is 3.84. The molecule has 0 radical (unpaired) electrons. The Kier molecular flexibility index (Phi) is 5.65. The predicted molar refractivity (Wildman–Crippen MR) is 114 cm³/mol. The summed E-state index contributed by atoms with van der Waals surface area (Å²) in [6.07, 6.45) is 7.32. The Balaban J connectivity index is 1.68. The van der Waals surface area contributed by atoms with Crippen LogP contribution in [0.5, 0.6) is 5.75 Å². The van der Waals surface area contributed by atoms with Crippen LogP contribution in [0, 0.1) is 5.41 Å². The standard InChI is InChI=1S/C22H26ClN3O3/c1-3-28-20(27)13-16-14-26(11-10-24-16)21-22(2)9-5-4-6-19(22)29-18-8-7-15(23)12-17(18)25-21/h4-8,12,16,24H,3,9-11,13-14H2,1-2H3/t16-,22?/m0/s1. The molecule has 1 saturated heterocycles. The molecule has 1 fully saturated rings. The molecule has 6 nitrogen and oxygen atoms in total. The maximum atomic E-state index is 12.0. The number of nitrogens with zero attached hydrogens (tertiary/aromatic N) is 2. The van der Waals surface area contributed by atoms with Crippen molar-refractivity contribution in [1.29, 1.82) is 0 Å². The van der Waals surface area contributed by atoms with Crippen molar-refractivity contribution in [2.24, 2.45) is 10.4 Å². The molecule has 2 atom stereocenters. The Morgan fingerprint density at radius 3 is 3.17 bits per heavy atom. The lowest BCUT2D eigenvalue weighted by Crippen LogP contribution is -2.56. The number of nitrogens with one attached hydrogen (secondary N) is 1. The zero-order chi connectivity index (χ0) is 20.4. The van der Waals surface area contributed by atoms with E-state index in [4.69, 9.17) is 26.1 Å². The number of piperazine rings is 1. The second-order valence-electron chi connectivity index (χ2n) is 7.75. The van der Waals surface area contributed by atoms with Gasteiger partial charge in [-0.3, -0.25) is 4.79 Å². The average Bonchev–Trinajstić information content (AvgIpc) is 2.82. The number of aliphatic imine (C=N–C) groups is 1. The molecule has 0 amide bonds. The Morgan fingerprint density at radius 1 is 1.48 bits per heavy atom. The molecule has 154 valence electrons. The number of esters is 1. The van der Waals surface area contributed by atoms with Crippen LogP contribution in [-0.2, 0) is 9.53 Å². The lowest BCUT2D eigenvalue weighted by atomic mass is 9.79. The van der Waals surface area contributed by atoms with Crippen LogP contribution in [0.3, 0.4) is 0 Å². The Hall–Kier alpha value is -2.31. The first-order valence-electron chi connectivity index (χ1n) is 10.1. The third kappa shape index (κ3) is 4.05. The molecule has 1 unspecified atom stereocenters. The summed E-state index contributed by atoms with van der Waals surface area (Å²) < 4.78 is 11.4. The van der Waals surface area contributed by atoms with Gasteiger partial charge in [0.15, 0.2) is 5.75 Å². The van der Waals surface area contributed by atoms with Gasteiger partial charge in [-0.05, 0) is 44.5 Å². The maximum absolute atomic E-state index is 12.0. The second kappa shape index (κ2) is 8.20. The number of halogens is 1. The summed E-state index contributed by atoms with van der Waals surface area (Å²) in [5.41, 5.74) is 0.344. The Morgan fingerprint density at radius 2 is 2.34 bits per heavy atom. The van der Waals surface area contributed by atoms with Crippen molar-refractivity contribution in [3.05, 3.63) is 47.2 Å². The van der Waals surface area contributed by atoms with Gasteiger partial charge in [-0.2, -0.15) is 0 Å². The fourth-order valence-electron chi connectivity index (χ4n) is 4.11. The number of hydrogen-bond acceptors (Lipinski definition) is 6. The van der Waals surface area contributed by atoms with E-state index in [2.05, 4.69) is 23.2 Å². The van der Waals surface area contributed by atoms with Gasteiger partial charge in [-0.15, -0.1) is 0 Å². The van der Waals surface area contributed by atoms with Gasteiger partial charge >= 0.3 is 5.97 Å². The molecular weight excluding hydrogens is 390 g/mol. The highest BCUT2D eigenvalue weighted by Gasteiger charge is 2.43. The number of fused-ring (bicyclic) bond motifs is 2. The lowest BCUT2D eigenvalue weighted by Gasteiger charge is -2.42. The first kappa shape index (κ1) is 20.0. The van der Waals surface area contributed by atoms with Crippen LogP contribution in [0.4, 0.5) is 5.69 Å². The summed E-state index contributed by atoms with van der Waals surface area (Å²) in [5, 5.41) is 4.05. The van der Waals surface area contributed by atoms with Crippen LogP contribution in [0.2, 0.25) is 5.02 Å². The van der Waals surface area contributed by atoms with Crippen LogP contribution in [0.25, 0.3) is 0 Å². The van der Waals surface area contributed by atoms with Crippen molar-refractivity contribution in [2.75, 3.05) is 26.2 Å². The smallest absolute Gasteiger partial charge is 0.307 e. The summed E-state index contributed by atoms with van der Waals surface area (Å²) in [4.78, 5) is 19.3. The van der Waals surface area contributed by atoms with Crippen molar-refractivity contribution >= 4 is 29.1 Å². The van der Waals surface area contributed by atoms with Crippen molar-refractivity contribution in [3.8, 4) is 5.75 Å².